The van der Waals surface area contributed by atoms with Crippen LogP contribution in [0.1, 0.15) is 20.3 Å². The molecule has 3 nitrogen and oxygen atoms in total. The van der Waals surface area contributed by atoms with Crippen molar-refractivity contribution in [3.63, 3.8) is 0 Å². The van der Waals surface area contributed by atoms with Gasteiger partial charge in [-0.25, -0.2) is 4.98 Å². The van der Waals surface area contributed by atoms with Gasteiger partial charge in [-0.1, -0.05) is 6.92 Å². The first kappa shape index (κ1) is 9.84. The summed E-state index contributed by atoms with van der Waals surface area (Å²) in [5.74, 6) is 0.580. The predicted molar refractivity (Wildman–Crippen MR) is 56.8 cm³/mol. The van der Waals surface area contributed by atoms with E-state index in [1.165, 1.54) is 0 Å². The molecule has 0 radical (unpaired) electrons. The Morgan fingerprint density at radius 3 is 2.62 bits per heavy atom. The molecular weight excluding hydrogens is 162 g/mol. The molecule has 72 valence electrons. The lowest BCUT2D eigenvalue weighted by Crippen LogP contribution is -2.23. The van der Waals surface area contributed by atoms with Crippen molar-refractivity contribution in [2.45, 2.75) is 20.3 Å². The Morgan fingerprint density at radius 2 is 2.15 bits per heavy atom. The van der Waals surface area contributed by atoms with Gasteiger partial charge in [0.05, 0.1) is 11.9 Å². The minimum atomic E-state index is 0.580. The summed E-state index contributed by atoms with van der Waals surface area (Å²) in [6.07, 6.45) is 2.98. The molecule has 0 aliphatic carbocycles. The number of anilines is 2. The zero-order valence-electron chi connectivity index (χ0n) is 8.33. The van der Waals surface area contributed by atoms with Gasteiger partial charge in [-0.05, 0) is 25.5 Å². The van der Waals surface area contributed by atoms with Crippen molar-refractivity contribution in [2.75, 3.05) is 23.7 Å². The van der Waals surface area contributed by atoms with E-state index in [4.69, 9.17) is 5.73 Å². The van der Waals surface area contributed by atoms with Crippen LogP contribution >= 0.6 is 0 Å². The first-order valence-corrected chi connectivity index (χ1v) is 4.74. The maximum atomic E-state index is 5.51. The fraction of sp³-hybridized carbons (Fsp3) is 0.500. The molecule has 2 N–H and O–H groups in total. The van der Waals surface area contributed by atoms with Crippen LogP contribution in [0.3, 0.4) is 0 Å². The average Bonchev–Trinajstić information content (AvgIpc) is 2.16. The quantitative estimate of drug-likeness (QED) is 0.767. The van der Waals surface area contributed by atoms with E-state index in [9.17, 15) is 0 Å². The van der Waals surface area contributed by atoms with Gasteiger partial charge in [0.2, 0.25) is 0 Å². The third-order valence-corrected chi connectivity index (χ3v) is 2.01. The number of nitrogens with zero attached hydrogens (tertiary/aromatic N) is 2. The third kappa shape index (κ3) is 2.61. The molecule has 1 rings (SSSR count). The summed E-state index contributed by atoms with van der Waals surface area (Å²) >= 11 is 0. The highest BCUT2D eigenvalue weighted by molar-refractivity contribution is 5.47. The fourth-order valence-corrected chi connectivity index (χ4v) is 1.32. The molecule has 0 unspecified atom stereocenters. The van der Waals surface area contributed by atoms with E-state index >= 15 is 0 Å². The lowest BCUT2D eigenvalue weighted by atomic mass is 10.3. The molecule has 1 heterocycles. The third-order valence-electron chi connectivity index (χ3n) is 2.01. The van der Waals surface area contributed by atoms with Gasteiger partial charge in [0.15, 0.2) is 0 Å². The molecule has 0 aliphatic heterocycles. The van der Waals surface area contributed by atoms with Gasteiger partial charge in [-0.15, -0.1) is 0 Å². The zero-order chi connectivity index (χ0) is 9.68. The molecule has 0 amide bonds. The summed E-state index contributed by atoms with van der Waals surface area (Å²) in [6, 6.07) is 3.86. The molecule has 0 aliphatic rings. The van der Waals surface area contributed by atoms with Gasteiger partial charge < -0.3 is 10.6 Å². The standard InChI is InChI=1S/C10H17N3/c1-3-7-13(4-2)9-5-6-10(11)12-8-9/h5-6,8H,3-4,7H2,1-2H3,(H2,11,12). The number of rotatable bonds is 4. The van der Waals surface area contributed by atoms with E-state index in [1.54, 1.807) is 0 Å². The van der Waals surface area contributed by atoms with Crippen molar-refractivity contribution in [1.29, 1.82) is 0 Å². The number of pyridine rings is 1. The Morgan fingerprint density at radius 1 is 1.38 bits per heavy atom. The van der Waals surface area contributed by atoms with E-state index < -0.39 is 0 Å². The second kappa shape index (κ2) is 4.70. The molecule has 13 heavy (non-hydrogen) atoms. The van der Waals surface area contributed by atoms with Crippen molar-refractivity contribution >= 4 is 11.5 Å². The smallest absolute Gasteiger partial charge is 0.123 e. The second-order valence-corrected chi connectivity index (χ2v) is 3.02. The van der Waals surface area contributed by atoms with Crippen molar-refractivity contribution in [2.24, 2.45) is 0 Å². The van der Waals surface area contributed by atoms with Gasteiger partial charge in [-0.2, -0.15) is 0 Å². The molecule has 0 atom stereocenters. The summed E-state index contributed by atoms with van der Waals surface area (Å²) in [4.78, 5) is 6.35. The van der Waals surface area contributed by atoms with E-state index in [1.807, 2.05) is 18.3 Å². The minimum absolute atomic E-state index is 0.580. The maximum absolute atomic E-state index is 5.51. The number of hydrogen-bond donors (Lipinski definition) is 1. The summed E-state index contributed by atoms with van der Waals surface area (Å²) in [7, 11) is 0. The number of nitrogen functional groups attached to an aromatic ring is 1. The SMILES string of the molecule is CCCN(CC)c1ccc(N)nc1. The fourth-order valence-electron chi connectivity index (χ4n) is 1.32. The first-order valence-electron chi connectivity index (χ1n) is 4.74. The lowest BCUT2D eigenvalue weighted by molar-refractivity contribution is 0.790. The molecule has 0 fully saturated rings. The Balaban J connectivity index is 2.73. The molecule has 3 heteroatoms. The molecule has 1 aromatic rings. The highest BCUT2D eigenvalue weighted by Crippen LogP contribution is 2.13. The zero-order valence-corrected chi connectivity index (χ0v) is 8.33. The summed E-state index contributed by atoms with van der Waals surface area (Å²) in [6.45, 7) is 6.40. The van der Waals surface area contributed by atoms with E-state index in [0.717, 1.165) is 25.2 Å². The van der Waals surface area contributed by atoms with E-state index in [-0.39, 0.29) is 0 Å². The Kier molecular flexibility index (Phi) is 3.55. The van der Waals surface area contributed by atoms with Crippen LogP contribution in [0, 0.1) is 0 Å². The van der Waals surface area contributed by atoms with Crippen LogP contribution in [-0.2, 0) is 0 Å². The number of hydrogen-bond acceptors (Lipinski definition) is 3. The lowest BCUT2D eigenvalue weighted by Gasteiger charge is -2.21. The minimum Gasteiger partial charge on any atom is -0.384 e. The summed E-state index contributed by atoms with van der Waals surface area (Å²) in [5.41, 5.74) is 6.66. The van der Waals surface area contributed by atoms with Crippen LogP contribution < -0.4 is 10.6 Å². The molecule has 0 saturated heterocycles. The predicted octanol–water partition coefficient (Wildman–Crippen LogP) is 1.90. The Labute approximate surface area is 79.6 Å². The van der Waals surface area contributed by atoms with Crippen molar-refractivity contribution in [1.82, 2.24) is 4.98 Å². The Bertz CT molecular complexity index is 243. The van der Waals surface area contributed by atoms with Crippen LogP contribution in [-0.4, -0.2) is 18.1 Å². The molecule has 1 aromatic heterocycles. The van der Waals surface area contributed by atoms with Crippen LogP contribution in [0.5, 0.6) is 0 Å². The van der Waals surface area contributed by atoms with Gasteiger partial charge in [0.1, 0.15) is 5.82 Å². The monoisotopic (exact) mass is 179 g/mol. The van der Waals surface area contributed by atoms with Gasteiger partial charge in [0.25, 0.3) is 0 Å². The second-order valence-electron chi connectivity index (χ2n) is 3.02. The summed E-state index contributed by atoms with van der Waals surface area (Å²) < 4.78 is 0. The number of aromatic nitrogens is 1. The first-order chi connectivity index (χ1) is 6.27. The summed E-state index contributed by atoms with van der Waals surface area (Å²) in [5, 5.41) is 0. The van der Waals surface area contributed by atoms with Crippen LogP contribution in [0.4, 0.5) is 11.5 Å². The van der Waals surface area contributed by atoms with Crippen molar-refractivity contribution < 1.29 is 0 Å². The van der Waals surface area contributed by atoms with Gasteiger partial charge in [-0.3, -0.25) is 0 Å². The average molecular weight is 179 g/mol. The van der Waals surface area contributed by atoms with Crippen LogP contribution in [0.25, 0.3) is 0 Å². The molecule has 0 aromatic carbocycles. The molecule has 0 spiro atoms. The van der Waals surface area contributed by atoms with Crippen LogP contribution in [0.15, 0.2) is 18.3 Å². The topological polar surface area (TPSA) is 42.1 Å². The molecule has 0 saturated carbocycles. The van der Waals surface area contributed by atoms with Gasteiger partial charge in [0, 0.05) is 13.1 Å². The number of nitrogens with two attached hydrogens (primary N) is 1. The largest absolute Gasteiger partial charge is 0.384 e. The van der Waals surface area contributed by atoms with Crippen LogP contribution in [0.2, 0.25) is 0 Å². The van der Waals surface area contributed by atoms with E-state index in [0.29, 0.717) is 5.82 Å². The van der Waals surface area contributed by atoms with E-state index in [2.05, 4.69) is 23.7 Å². The molecular formula is C10H17N3. The van der Waals surface area contributed by atoms with Gasteiger partial charge >= 0.3 is 0 Å². The molecule has 0 bridgehead atoms. The maximum Gasteiger partial charge on any atom is 0.123 e. The highest BCUT2D eigenvalue weighted by atomic mass is 15.1. The highest BCUT2D eigenvalue weighted by Gasteiger charge is 2.01. The Hall–Kier alpha value is -1.25. The normalized spacial score (nSPS) is 10.0. The van der Waals surface area contributed by atoms with Crippen molar-refractivity contribution in [3.8, 4) is 0 Å². The van der Waals surface area contributed by atoms with Crippen molar-refractivity contribution in [3.05, 3.63) is 18.3 Å².